The van der Waals surface area contributed by atoms with Crippen LogP contribution >= 0.6 is 24.8 Å². The highest BCUT2D eigenvalue weighted by Crippen LogP contribution is 2.32. The Hall–Kier alpha value is -2.15. The smallest absolute Gasteiger partial charge is 0.259 e. The Kier molecular flexibility index (Phi) is 7.41. The molecule has 1 fully saturated rings. The molecule has 8 heteroatoms. The van der Waals surface area contributed by atoms with Crippen LogP contribution in [0.4, 0.5) is 11.4 Å². The first-order valence-electron chi connectivity index (χ1n) is 9.03. The van der Waals surface area contributed by atoms with Crippen molar-refractivity contribution in [2.75, 3.05) is 16.8 Å². The summed E-state index contributed by atoms with van der Waals surface area (Å²) in [6.07, 6.45) is 6.53. The molecule has 2 amide bonds. The van der Waals surface area contributed by atoms with Crippen molar-refractivity contribution in [2.45, 2.75) is 31.7 Å². The summed E-state index contributed by atoms with van der Waals surface area (Å²) in [5.41, 5.74) is 9.24. The van der Waals surface area contributed by atoms with Crippen molar-refractivity contribution in [2.24, 2.45) is 11.7 Å². The SMILES string of the molecule is Cl.Cl.NC1CCC(C(=O)Nc2ccc3c(c2)CCN3C(=O)c2cccnc2)C1. The molecule has 0 spiro atoms. The maximum absolute atomic E-state index is 12.7. The number of rotatable bonds is 3. The van der Waals surface area contributed by atoms with Gasteiger partial charge in [-0.15, -0.1) is 24.8 Å². The average molecular weight is 423 g/mol. The van der Waals surface area contributed by atoms with Crippen LogP contribution < -0.4 is 16.0 Å². The van der Waals surface area contributed by atoms with Crippen LogP contribution in [-0.2, 0) is 11.2 Å². The van der Waals surface area contributed by atoms with Crippen molar-refractivity contribution in [3.8, 4) is 0 Å². The van der Waals surface area contributed by atoms with E-state index in [1.54, 1.807) is 29.4 Å². The molecule has 2 unspecified atom stereocenters. The minimum atomic E-state index is -0.0476. The van der Waals surface area contributed by atoms with Crippen LogP contribution in [-0.4, -0.2) is 29.4 Å². The number of hydrogen-bond acceptors (Lipinski definition) is 4. The molecule has 150 valence electrons. The zero-order chi connectivity index (χ0) is 18.1. The molecule has 1 saturated carbocycles. The Bertz CT molecular complexity index is 847. The second-order valence-electron chi connectivity index (χ2n) is 7.05. The van der Waals surface area contributed by atoms with Gasteiger partial charge in [0.1, 0.15) is 0 Å². The van der Waals surface area contributed by atoms with Crippen LogP contribution in [0.5, 0.6) is 0 Å². The van der Waals surface area contributed by atoms with Crippen LogP contribution in [0.25, 0.3) is 0 Å². The molecule has 28 heavy (non-hydrogen) atoms. The fraction of sp³-hybridized carbons (Fsp3) is 0.350. The lowest BCUT2D eigenvalue weighted by Gasteiger charge is -2.18. The number of carbonyl (C=O) groups excluding carboxylic acids is 2. The molecule has 3 N–H and O–H groups in total. The molecule has 4 rings (SSSR count). The number of nitrogens with zero attached hydrogens (tertiary/aromatic N) is 2. The normalized spacial score (nSPS) is 20.0. The highest BCUT2D eigenvalue weighted by atomic mass is 35.5. The van der Waals surface area contributed by atoms with Gasteiger partial charge in [0.2, 0.25) is 5.91 Å². The van der Waals surface area contributed by atoms with Gasteiger partial charge >= 0.3 is 0 Å². The number of amides is 2. The molecule has 2 heterocycles. The number of aromatic nitrogens is 1. The predicted molar refractivity (Wildman–Crippen MR) is 115 cm³/mol. The van der Waals surface area contributed by atoms with E-state index < -0.39 is 0 Å². The molecular formula is C20H24Cl2N4O2. The second kappa shape index (κ2) is 9.37. The maximum Gasteiger partial charge on any atom is 0.259 e. The van der Waals surface area contributed by atoms with E-state index in [9.17, 15) is 9.59 Å². The van der Waals surface area contributed by atoms with E-state index in [4.69, 9.17) is 5.73 Å². The van der Waals surface area contributed by atoms with E-state index >= 15 is 0 Å². The van der Waals surface area contributed by atoms with Crippen molar-refractivity contribution in [1.29, 1.82) is 0 Å². The number of fused-ring (bicyclic) bond motifs is 1. The second-order valence-corrected chi connectivity index (χ2v) is 7.05. The first-order valence-corrected chi connectivity index (χ1v) is 9.03. The summed E-state index contributed by atoms with van der Waals surface area (Å²) in [4.78, 5) is 30.9. The standard InChI is InChI=1S/C20H22N4O2.2ClH/c21-16-4-3-14(10-16)19(25)23-17-5-6-18-13(11-17)7-9-24(18)20(26)15-2-1-8-22-12-15;;/h1-2,5-6,8,11-12,14,16H,3-4,7,9-10,21H2,(H,23,25);2*1H. The third-order valence-electron chi connectivity index (χ3n) is 5.24. The van der Waals surface area contributed by atoms with Crippen LogP contribution in [0.2, 0.25) is 0 Å². The number of carbonyl (C=O) groups is 2. The molecule has 2 aromatic rings. The zero-order valence-corrected chi connectivity index (χ0v) is 17.0. The lowest BCUT2D eigenvalue weighted by molar-refractivity contribution is -0.119. The van der Waals surface area contributed by atoms with Crippen molar-refractivity contribution in [3.05, 3.63) is 53.9 Å². The van der Waals surface area contributed by atoms with Crippen LogP contribution in [0.3, 0.4) is 0 Å². The minimum absolute atomic E-state index is 0. The molecule has 0 bridgehead atoms. The summed E-state index contributed by atoms with van der Waals surface area (Å²) in [7, 11) is 0. The summed E-state index contributed by atoms with van der Waals surface area (Å²) in [6.45, 7) is 0.637. The Morgan fingerprint density at radius 1 is 1.18 bits per heavy atom. The third-order valence-corrected chi connectivity index (χ3v) is 5.24. The van der Waals surface area contributed by atoms with Gasteiger partial charge in [-0.3, -0.25) is 14.6 Å². The van der Waals surface area contributed by atoms with Gasteiger partial charge < -0.3 is 16.0 Å². The van der Waals surface area contributed by atoms with E-state index in [2.05, 4.69) is 10.3 Å². The van der Waals surface area contributed by atoms with Gasteiger partial charge in [-0.05, 0) is 61.6 Å². The minimum Gasteiger partial charge on any atom is -0.328 e. The number of benzene rings is 1. The van der Waals surface area contributed by atoms with Crippen molar-refractivity contribution in [3.63, 3.8) is 0 Å². The van der Waals surface area contributed by atoms with Crippen LogP contribution in [0.15, 0.2) is 42.7 Å². The van der Waals surface area contributed by atoms with E-state index in [1.807, 2.05) is 18.2 Å². The molecule has 0 radical (unpaired) electrons. The number of pyridine rings is 1. The van der Waals surface area contributed by atoms with Gasteiger partial charge in [0.25, 0.3) is 5.91 Å². The number of nitrogens with one attached hydrogen (secondary N) is 1. The highest BCUT2D eigenvalue weighted by Gasteiger charge is 2.29. The van der Waals surface area contributed by atoms with Crippen LogP contribution in [0, 0.1) is 5.92 Å². The summed E-state index contributed by atoms with van der Waals surface area (Å²) in [5.74, 6) is -0.00493. The quantitative estimate of drug-likeness (QED) is 0.794. The molecule has 2 aliphatic rings. The Morgan fingerprint density at radius 3 is 2.68 bits per heavy atom. The van der Waals surface area contributed by atoms with E-state index in [0.717, 1.165) is 42.6 Å². The monoisotopic (exact) mass is 422 g/mol. The topological polar surface area (TPSA) is 88.3 Å². The number of hydrogen-bond donors (Lipinski definition) is 2. The largest absolute Gasteiger partial charge is 0.328 e. The van der Waals surface area contributed by atoms with E-state index in [-0.39, 0.29) is 48.6 Å². The number of halogens is 2. The van der Waals surface area contributed by atoms with Gasteiger partial charge in [-0.25, -0.2) is 0 Å². The van der Waals surface area contributed by atoms with Gasteiger partial charge in [0, 0.05) is 42.3 Å². The third kappa shape index (κ3) is 4.46. The number of nitrogens with two attached hydrogens (primary N) is 1. The predicted octanol–water partition coefficient (Wildman–Crippen LogP) is 3.19. The Labute approximate surface area is 176 Å². The summed E-state index contributed by atoms with van der Waals surface area (Å²) in [6, 6.07) is 9.41. The van der Waals surface area contributed by atoms with Crippen molar-refractivity contribution in [1.82, 2.24) is 4.98 Å². The van der Waals surface area contributed by atoms with Gasteiger partial charge in [-0.2, -0.15) is 0 Å². The molecule has 1 aromatic heterocycles. The van der Waals surface area contributed by atoms with E-state index in [1.165, 1.54) is 0 Å². The maximum atomic E-state index is 12.7. The molecule has 1 aliphatic carbocycles. The van der Waals surface area contributed by atoms with Crippen molar-refractivity contribution >= 4 is 48.0 Å². The lowest BCUT2D eigenvalue weighted by Crippen LogP contribution is -2.28. The van der Waals surface area contributed by atoms with Gasteiger partial charge in [-0.1, -0.05) is 0 Å². The summed E-state index contributed by atoms with van der Waals surface area (Å²) in [5, 5.41) is 3.00. The van der Waals surface area contributed by atoms with Gasteiger partial charge in [0.05, 0.1) is 5.56 Å². The fourth-order valence-electron chi connectivity index (χ4n) is 3.83. The molecular weight excluding hydrogens is 399 g/mol. The fourth-order valence-corrected chi connectivity index (χ4v) is 3.83. The Morgan fingerprint density at radius 2 is 2.00 bits per heavy atom. The zero-order valence-electron chi connectivity index (χ0n) is 15.3. The summed E-state index contributed by atoms with van der Waals surface area (Å²) >= 11 is 0. The molecule has 1 aromatic carbocycles. The van der Waals surface area contributed by atoms with Gasteiger partial charge in [0.15, 0.2) is 0 Å². The first-order chi connectivity index (χ1) is 12.6. The molecule has 1 aliphatic heterocycles. The highest BCUT2D eigenvalue weighted by molar-refractivity contribution is 6.07. The molecule has 0 saturated heterocycles. The van der Waals surface area contributed by atoms with Crippen LogP contribution in [0.1, 0.15) is 35.2 Å². The Balaban J connectivity index is 0.00000140. The molecule has 2 atom stereocenters. The average Bonchev–Trinajstić information content (AvgIpc) is 3.28. The number of anilines is 2. The first kappa shape index (κ1) is 22.1. The lowest BCUT2D eigenvalue weighted by atomic mass is 10.1. The van der Waals surface area contributed by atoms with E-state index in [0.29, 0.717) is 12.1 Å². The molecule has 6 nitrogen and oxygen atoms in total. The van der Waals surface area contributed by atoms with Crippen molar-refractivity contribution < 1.29 is 9.59 Å². The summed E-state index contributed by atoms with van der Waals surface area (Å²) < 4.78 is 0.